The minimum Gasteiger partial charge on any atom is -0.497 e. The fourth-order valence-electron chi connectivity index (χ4n) is 2.21. The molecule has 108 valence electrons. The number of halogens is 1. The molecule has 0 spiro atoms. The molecular weight excluding hydrogens is 290 g/mol. The second-order valence-electron chi connectivity index (χ2n) is 4.64. The van der Waals surface area contributed by atoms with Crippen LogP contribution in [0.15, 0.2) is 36.4 Å². The van der Waals surface area contributed by atoms with E-state index in [1.807, 2.05) is 18.2 Å². The van der Waals surface area contributed by atoms with Crippen LogP contribution in [0.4, 0.5) is 0 Å². The quantitative estimate of drug-likeness (QED) is 0.801. The van der Waals surface area contributed by atoms with Gasteiger partial charge < -0.3 is 10.1 Å². The van der Waals surface area contributed by atoms with Crippen molar-refractivity contribution in [1.82, 2.24) is 5.32 Å². The molecular formula is C16H20ClNOS. The second-order valence-corrected chi connectivity index (χ2v) is 6.39. The van der Waals surface area contributed by atoms with Gasteiger partial charge in [0.25, 0.3) is 0 Å². The summed E-state index contributed by atoms with van der Waals surface area (Å²) < 4.78 is 6.03. The van der Waals surface area contributed by atoms with Crippen LogP contribution in [0, 0.1) is 0 Å². The Bertz CT molecular complexity index is 524. The van der Waals surface area contributed by atoms with Crippen molar-refractivity contribution in [2.45, 2.75) is 25.8 Å². The molecule has 1 heterocycles. The standard InChI is InChI=1S/C16H20ClNOS/c1-3-18-14(15-10-11-16(17)20-15)9-6-12-4-7-13(19-2)8-5-12/h4-5,7-8,10-11,14,18H,3,6,9H2,1-2H3. The Balaban J connectivity index is 1.97. The number of methoxy groups -OCH3 is 1. The minimum atomic E-state index is 0.375. The molecule has 1 aromatic heterocycles. The van der Waals surface area contributed by atoms with E-state index in [9.17, 15) is 0 Å². The number of nitrogens with one attached hydrogen (secondary N) is 1. The van der Waals surface area contributed by atoms with E-state index in [1.54, 1.807) is 18.4 Å². The average molecular weight is 310 g/mol. The highest BCUT2D eigenvalue weighted by molar-refractivity contribution is 7.16. The summed E-state index contributed by atoms with van der Waals surface area (Å²) in [6.07, 6.45) is 2.11. The van der Waals surface area contributed by atoms with Gasteiger partial charge in [0.2, 0.25) is 0 Å². The normalized spacial score (nSPS) is 12.3. The van der Waals surface area contributed by atoms with Crippen molar-refractivity contribution in [1.29, 1.82) is 0 Å². The summed E-state index contributed by atoms with van der Waals surface area (Å²) in [6.45, 7) is 3.10. The number of ether oxygens (including phenoxy) is 1. The molecule has 0 saturated heterocycles. The van der Waals surface area contributed by atoms with Gasteiger partial charge in [-0.15, -0.1) is 11.3 Å². The zero-order valence-electron chi connectivity index (χ0n) is 11.9. The number of aryl methyl sites for hydroxylation is 1. The first-order valence-electron chi connectivity index (χ1n) is 6.84. The third kappa shape index (κ3) is 4.23. The van der Waals surface area contributed by atoms with Gasteiger partial charge >= 0.3 is 0 Å². The highest BCUT2D eigenvalue weighted by atomic mass is 35.5. The summed E-state index contributed by atoms with van der Waals surface area (Å²) in [6, 6.07) is 12.7. The largest absolute Gasteiger partial charge is 0.497 e. The maximum Gasteiger partial charge on any atom is 0.118 e. The third-order valence-corrected chi connectivity index (χ3v) is 4.61. The number of rotatable bonds is 7. The first-order valence-corrected chi connectivity index (χ1v) is 8.04. The van der Waals surface area contributed by atoms with Crippen LogP contribution in [-0.2, 0) is 6.42 Å². The van der Waals surface area contributed by atoms with Gasteiger partial charge in [-0.25, -0.2) is 0 Å². The highest BCUT2D eigenvalue weighted by Gasteiger charge is 2.12. The van der Waals surface area contributed by atoms with Gasteiger partial charge in [0.1, 0.15) is 5.75 Å². The Kier molecular flexibility index (Phi) is 5.89. The molecule has 2 rings (SSSR count). The van der Waals surface area contributed by atoms with E-state index >= 15 is 0 Å². The van der Waals surface area contributed by atoms with Crippen molar-refractivity contribution in [3.05, 3.63) is 51.2 Å². The lowest BCUT2D eigenvalue weighted by Crippen LogP contribution is -2.20. The molecule has 0 radical (unpaired) electrons. The Morgan fingerprint density at radius 1 is 1.20 bits per heavy atom. The van der Waals surface area contributed by atoms with Crippen molar-refractivity contribution in [3.63, 3.8) is 0 Å². The molecule has 0 saturated carbocycles. The summed E-state index contributed by atoms with van der Waals surface area (Å²) in [5.74, 6) is 0.905. The van der Waals surface area contributed by atoms with Crippen LogP contribution in [-0.4, -0.2) is 13.7 Å². The predicted octanol–water partition coefficient (Wildman–Crippen LogP) is 4.69. The molecule has 1 N–H and O–H groups in total. The van der Waals surface area contributed by atoms with Gasteiger partial charge in [-0.05, 0) is 49.2 Å². The molecule has 1 unspecified atom stereocenters. The van der Waals surface area contributed by atoms with Crippen molar-refractivity contribution < 1.29 is 4.74 Å². The monoisotopic (exact) mass is 309 g/mol. The molecule has 20 heavy (non-hydrogen) atoms. The molecule has 0 aliphatic heterocycles. The first-order chi connectivity index (χ1) is 9.72. The Morgan fingerprint density at radius 3 is 2.50 bits per heavy atom. The Hall–Kier alpha value is -1.03. The number of benzene rings is 1. The van der Waals surface area contributed by atoms with Crippen LogP contribution < -0.4 is 10.1 Å². The van der Waals surface area contributed by atoms with Crippen molar-refractivity contribution in [3.8, 4) is 5.75 Å². The van der Waals surface area contributed by atoms with E-state index in [4.69, 9.17) is 16.3 Å². The van der Waals surface area contributed by atoms with Crippen LogP contribution in [0.2, 0.25) is 4.34 Å². The van der Waals surface area contributed by atoms with E-state index in [2.05, 4.69) is 30.4 Å². The zero-order chi connectivity index (χ0) is 14.4. The van der Waals surface area contributed by atoms with Crippen LogP contribution in [0.1, 0.15) is 29.8 Å². The summed E-state index contributed by atoms with van der Waals surface area (Å²) in [4.78, 5) is 1.31. The van der Waals surface area contributed by atoms with Crippen LogP contribution in [0.5, 0.6) is 5.75 Å². The lowest BCUT2D eigenvalue weighted by molar-refractivity contribution is 0.414. The summed E-state index contributed by atoms with van der Waals surface area (Å²) in [5.41, 5.74) is 1.33. The third-order valence-electron chi connectivity index (χ3n) is 3.27. The predicted molar refractivity (Wildman–Crippen MR) is 87.1 cm³/mol. The highest BCUT2D eigenvalue weighted by Crippen LogP contribution is 2.29. The number of hydrogen-bond donors (Lipinski definition) is 1. The van der Waals surface area contributed by atoms with E-state index in [0.29, 0.717) is 6.04 Å². The maximum absolute atomic E-state index is 6.03. The minimum absolute atomic E-state index is 0.375. The van der Waals surface area contributed by atoms with Crippen molar-refractivity contribution in [2.24, 2.45) is 0 Å². The van der Waals surface area contributed by atoms with Crippen molar-refractivity contribution >= 4 is 22.9 Å². The van der Waals surface area contributed by atoms with Gasteiger partial charge in [0.05, 0.1) is 11.4 Å². The van der Waals surface area contributed by atoms with E-state index in [0.717, 1.165) is 29.5 Å². The van der Waals surface area contributed by atoms with Crippen LogP contribution >= 0.6 is 22.9 Å². The average Bonchev–Trinajstić information content (AvgIpc) is 2.90. The Morgan fingerprint density at radius 2 is 1.95 bits per heavy atom. The Labute approximate surface area is 129 Å². The fraction of sp³-hybridized carbons (Fsp3) is 0.375. The number of thiophene rings is 1. The summed E-state index contributed by atoms with van der Waals surface area (Å²) in [5, 5.41) is 3.53. The van der Waals surface area contributed by atoms with E-state index in [-0.39, 0.29) is 0 Å². The molecule has 4 heteroatoms. The number of hydrogen-bond acceptors (Lipinski definition) is 3. The van der Waals surface area contributed by atoms with E-state index in [1.165, 1.54) is 10.4 Å². The molecule has 0 fully saturated rings. The van der Waals surface area contributed by atoms with Gasteiger partial charge in [-0.1, -0.05) is 30.7 Å². The van der Waals surface area contributed by atoms with Crippen molar-refractivity contribution in [2.75, 3.05) is 13.7 Å². The molecule has 0 amide bonds. The fourth-order valence-corrected chi connectivity index (χ4v) is 3.38. The molecule has 1 aromatic carbocycles. The topological polar surface area (TPSA) is 21.3 Å². The maximum atomic E-state index is 6.03. The summed E-state index contributed by atoms with van der Waals surface area (Å²) >= 11 is 7.69. The SMILES string of the molecule is CCNC(CCc1ccc(OC)cc1)c1ccc(Cl)s1. The second kappa shape index (κ2) is 7.67. The van der Waals surface area contributed by atoms with Gasteiger partial charge in [-0.3, -0.25) is 0 Å². The lowest BCUT2D eigenvalue weighted by Gasteiger charge is -2.16. The van der Waals surface area contributed by atoms with Crippen LogP contribution in [0.3, 0.4) is 0 Å². The first kappa shape index (κ1) is 15.4. The lowest BCUT2D eigenvalue weighted by atomic mass is 10.0. The molecule has 0 aliphatic rings. The zero-order valence-corrected chi connectivity index (χ0v) is 13.4. The smallest absolute Gasteiger partial charge is 0.118 e. The van der Waals surface area contributed by atoms with Crippen LogP contribution in [0.25, 0.3) is 0 Å². The van der Waals surface area contributed by atoms with Gasteiger partial charge in [0.15, 0.2) is 0 Å². The van der Waals surface area contributed by atoms with Gasteiger partial charge in [-0.2, -0.15) is 0 Å². The molecule has 2 nitrogen and oxygen atoms in total. The molecule has 0 aliphatic carbocycles. The van der Waals surface area contributed by atoms with Gasteiger partial charge in [0, 0.05) is 10.9 Å². The summed E-state index contributed by atoms with van der Waals surface area (Å²) in [7, 11) is 1.69. The molecule has 2 aromatic rings. The molecule has 1 atom stereocenters. The molecule has 0 bridgehead atoms. The van der Waals surface area contributed by atoms with E-state index < -0.39 is 0 Å².